The SMILES string of the molecule is CC[C@@H]1CCC[C@@H](c2cccs2)N(C(=O)C(=O)Nc2cnc(N)c(C)c2)C1. The molecular formula is C20H26N4O2S. The van der Waals surface area contributed by atoms with Gasteiger partial charge in [-0.3, -0.25) is 9.59 Å². The van der Waals surface area contributed by atoms with Gasteiger partial charge in [-0.25, -0.2) is 4.98 Å². The molecule has 3 rings (SSSR count). The summed E-state index contributed by atoms with van der Waals surface area (Å²) in [6.07, 6.45) is 5.52. The molecule has 1 aliphatic rings. The Morgan fingerprint density at radius 1 is 1.41 bits per heavy atom. The summed E-state index contributed by atoms with van der Waals surface area (Å²) in [5, 5.41) is 4.70. The number of carbonyl (C=O) groups is 2. The van der Waals surface area contributed by atoms with E-state index in [1.807, 2.05) is 24.4 Å². The predicted molar refractivity (Wildman–Crippen MR) is 108 cm³/mol. The number of pyridine rings is 1. The van der Waals surface area contributed by atoms with E-state index in [9.17, 15) is 9.59 Å². The first-order chi connectivity index (χ1) is 13.0. The van der Waals surface area contributed by atoms with E-state index in [0.29, 0.717) is 24.0 Å². The first kappa shape index (κ1) is 19.4. The highest BCUT2D eigenvalue weighted by atomic mass is 32.1. The molecule has 7 heteroatoms. The van der Waals surface area contributed by atoms with E-state index in [0.717, 1.165) is 36.1 Å². The molecule has 0 radical (unpaired) electrons. The van der Waals surface area contributed by atoms with Gasteiger partial charge in [0.05, 0.1) is 17.9 Å². The Morgan fingerprint density at radius 2 is 2.22 bits per heavy atom. The Hall–Kier alpha value is -2.41. The van der Waals surface area contributed by atoms with Gasteiger partial charge in [0.15, 0.2) is 0 Å². The zero-order chi connectivity index (χ0) is 19.4. The number of likely N-dealkylation sites (tertiary alicyclic amines) is 1. The third-order valence-electron chi connectivity index (χ3n) is 5.20. The van der Waals surface area contributed by atoms with Gasteiger partial charge in [0.1, 0.15) is 5.82 Å². The van der Waals surface area contributed by atoms with E-state index >= 15 is 0 Å². The standard InChI is InChI=1S/C20H26N4O2S/c1-3-14-6-4-7-16(17-8-5-9-27-17)24(12-14)20(26)19(25)23-15-10-13(2)18(21)22-11-15/h5,8-11,14,16H,3-4,6-7,12H2,1-2H3,(H2,21,22)(H,23,25)/t14-,16+/m1/s1. The van der Waals surface area contributed by atoms with E-state index in [4.69, 9.17) is 5.73 Å². The Bertz CT molecular complexity index is 806. The van der Waals surface area contributed by atoms with E-state index in [-0.39, 0.29) is 6.04 Å². The summed E-state index contributed by atoms with van der Waals surface area (Å²) in [4.78, 5) is 32.7. The molecular weight excluding hydrogens is 360 g/mol. The lowest BCUT2D eigenvalue weighted by Gasteiger charge is -2.30. The van der Waals surface area contributed by atoms with Crippen LogP contribution >= 0.6 is 11.3 Å². The van der Waals surface area contributed by atoms with Crippen LogP contribution < -0.4 is 11.1 Å². The maximum absolute atomic E-state index is 13.0. The van der Waals surface area contributed by atoms with Gasteiger partial charge in [-0.05, 0) is 48.8 Å². The largest absolute Gasteiger partial charge is 0.383 e. The van der Waals surface area contributed by atoms with E-state index in [1.54, 1.807) is 22.3 Å². The van der Waals surface area contributed by atoms with E-state index in [1.165, 1.54) is 6.20 Å². The van der Waals surface area contributed by atoms with Gasteiger partial charge in [-0.15, -0.1) is 11.3 Å². The highest BCUT2D eigenvalue weighted by Gasteiger charge is 2.33. The van der Waals surface area contributed by atoms with Gasteiger partial charge in [-0.1, -0.05) is 25.8 Å². The zero-order valence-electron chi connectivity index (χ0n) is 15.8. The van der Waals surface area contributed by atoms with Crippen LogP contribution in [0.3, 0.4) is 0 Å². The maximum Gasteiger partial charge on any atom is 0.313 e. The fourth-order valence-corrected chi connectivity index (χ4v) is 4.43. The fourth-order valence-electron chi connectivity index (χ4n) is 3.56. The third kappa shape index (κ3) is 4.47. The Morgan fingerprint density at radius 3 is 2.89 bits per heavy atom. The molecule has 6 nitrogen and oxygen atoms in total. The first-order valence-electron chi connectivity index (χ1n) is 9.37. The van der Waals surface area contributed by atoms with Crippen molar-refractivity contribution in [2.75, 3.05) is 17.6 Å². The Balaban J connectivity index is 1.80. The predicted octanol–water partition coefficient (Wildman–Crippen LogP) is 3.75. The lowest BCUT2D eigenvalue weighted by atomic mass is 10.0. The third-order valence-corrected chi connectivity index (χ3v) is 6.18. The van der Waals surface area contributed by atoms with Gasteiger partial charge in [0.2, 0.25) is 0 Å². The normalized spacial score (nSPS) is 20.1. The molecule has 3 N–H and O–H groups in total. The average Bonchev–Trinajstić information content (AvgIpc) is 3.10. The molecule has 0 saturated carbocycles. The number of anilines is 2. The van der Waals surface area contributed by atoms with Crippen molar-refractivity contribution >= 4 is 34.7 Å². The molecule has 27 heavy (non-hydrogen) atoms. The number of nitrogen functional groups attached to an aromatic ring is 1. The first-order valence-corrected chi connectivity index (χ1v) is 10.2. The molecule has 2 amide bonds. The van der Waals surface area contributed by atoms with Crippen LogP contribution in [0.4, 0.5) is 11.5 Å². The lowest BCUT2D eigenvalue weighted by molar-refractivity contribution is -0.145. The minimum atomic E-state index is -0.626. The van der Waals surface area contributed by atoms with Gasteiger partial charge in [0, 0.05) is 11.4 Å². The number of rotatable bonds is 3. The lowest BCUT2D eigenvalue weighted by Crippen LogP contribution is -2.43. The summed E-state index contributed by atoms with van der Waals surface area (Å²) in [6.45, 7) is 4.57. The van der Waals surface area contributed by atoms with E-state index in [2.05, 4.69) is 17.2 Å². The van der Waals surface area contributed by atoms with Crippen LogP contribution in [0.25, 0.3) is 0 Å². The van der Waals surface area contributed by atoms with Crippen molar-refractivity contribution in [3.8, 4) is 0 Å². The Kier molecular flexibility index (Phi) is 6.11. The monoisotopic (exact) mass is 386 g/mol. The Labute approximate surface area is 163 Å². The van der Waals surface area contributed by atoms with Crippen molar-refractivity contribution in [2.45, 2.75) is 45.6 Å². The number of aromatic nitrogens is 1. The molecule has 144 valence electrons. The van der Waals surface area contributed by atoms with Crippen LogP contribution in [-0.2, 0) is 9.59 Å². The second-order valence-corrected chi connectivity index (χ2v) is 8.05. The molecule has 0 spiro atoms. The minimum absolute atomic E-state index is 0.0360. The van der Waals surface area contributed by atoms with Gasteiger partial charge < -0.3 is 16.0 Å². The van der Waals surface area contributed by atoms with Gasteiger partial charge in [0.25, 0.3) is 0 Å². The van der Waals surface area contributed by atoms with Crippen LogP contribution in [0.2, 0.25) is 0 Å². The molecule has 0 aromatic carbocycles. The topological polar surface area (TPSA) is 88.3 Å². The number of amides is 2. The average molecular weight is 387 g/mol. The van der Waals surface area contributed by atoms with Crippen molar-refractivity contribution in [1.82, 2.24) is 9.88 Å². The zero-order valence-corrected chi connectivity index (χ0v) is 16.6. The quantitative estimate of drug-likeness (QED) is 0.786. The van der Waals surface area contributed by atoms with Crippen LogP contribution in [-0.4, -0.2) is 28.2 Å². The summed E-state index contributed by atoms with van der Waals surface area (Å²) in [5.41, 5.74) is 6.96. The molecule has 1 fully saturated rings. The van der Waals surface area contributed by atoms with E-state index < -0.39 is 11.8 Å². The maximum atomic E-state index is 13.0. The fraction of sp³-hybridized carbons (Fsp3) is 0.450. The minimum Gasteiger partial charge on any atom is -0.383 e. The highest BCUT2D eigenvalue weighted by molar-refractivity contribution is 7.10. The highest BCUT2D eigenvalue weighted by Crippen LogP contribution is 2.35. The number of hydrogen-bond acceptors (Lipinski definition) is 5. The van der Waals surface area contributed by atoms with Crippen LogP contribution in [0.5, 0.6) is 0 Å². The second kappa shape index (κ2) is 8.52. The van der Waals surface area contributed by atoms with Crippen molar-refractivity contribution in [3.05, 3.63) is 40.2 Å². The second-order valence-electron chi connectivity index (χ2n) is 7.07. The van der Waals surface area contributed by atoms with Gasteiger partial charge >= 0.3 is 11.8 Å². The number of carbonyl (C=O) groups excluding carboxylic acids is 2. The number of nitrogens with zero attached hydrogens (tertiary/aromatic N) is 2. The molecule has 1 aliphatic heterocycles. The van der Waals surface area contributed by atoms with Crippen LogP contribution in [0.1, 0.15) is 49.1 Å². The van der Waals surface area contributed by atoms with Crippen molar-refractivity contribution in [3.63, 3.8) is 0 Å². The molecule has 2 atom stereocenters. The number of aryl methyl sites for hydroxylation is 1. The summed E-state index contributed by atoms with van der Waals surface area (Å²) < 4.78 is 0. The smallest absolute Gasteiger partial charge is 0.313 e. The molecule has 0 aliphatic carbocycles. The van der Waals surface area contributed by atoms with Crippen molar-refractivity contribution in [2.24, 2.45) is 5.92 Å². The van der Waals surface area contributed by atoms with Gasteiger partial charge in [-0.2, -0.15) is 0 Å². The molecule has 2 aromatic heterocycles. The van der Waals surface area contributed by atoms with Crippen LogP contribution in [0.15, 0.2) is 29.8 Å². The summed E-state index contributed by atoms with van der Waals surface area (Å²) >= 11 is 1.64. The van der Waals surface area contributed by atoms with Crippen molar-refractivity contribution < 1.29 is 9.59 Å². The summed E-state index contributed by atoms with van der Waals surface area (Å²) in [5.74, 6) is -0.273. The molecule has 3 heterocycles. The van der Waals surface area contributed by atoms with Crippen molar-refractivity contribution in [1.29, 1.82) is 0 Å². The molecule has 0 unspecified atom stereocenters. The summed E-state index contributed by atoms with van der Waals surface area (Å²) in [7, 11) is 0. The van der Waals surface area contributed by atoms with Crippen LogP contribution in [0, 0.1) is 12.8 Å². The number of thiophene rings is 1. The summed E-state index contributed by atoms with van der Waals surface area (Å²) in [6, 6.07) is 5.73. The number of hydrogen-bond donors (Lipinski definition) is 2. The number of nitrogens with two attached hydrogens (primary N) is 1. The number of nitrogens with one attached hydrogen (secondary N) is 1. The molecule has 1 saturated heterocycles. The molecule has 0 bridgehead atoms. The molecule has 2 aromatic rings.